The number of ether oxygens (including phenoxy) is 1. The van der Waals surface area contributed by atoms with Crippen LogP contribution < -0.4 is 11.1 Å². The number of nitrogens with two attached hydrogens (primary N) is 1. The topological polar surface area (TPSA) is 190 Å². The molecule has 3 aliphatic carbocycles. The Hall–Kier alpha value is -3.60. The molecule has 0 aromatic heterocycles. The largest absolute Gasteiger partial charge is 0.505 e. The summed E-state index contributed by atoms with van der Waals surface area (Å²) < 4.78 is 4.86. The van der Waals surface area contributed by atoms with Crippen molar-refractivity contribution in [1.82, 2.24) is 0 Å². The fraction of sp³-hybridized carbons (Fsp3) is 0.520. The highest BCUT2D eigenvalue weighted by Crippen LogP contribution is 2.51. The van der Waals surface area contributed by atoms with Crippen LogP contribution in [-0.2, 0) is 30.3 Å². The van der Waals surface area contributed by atoms with Crippen LogP contribution in [0.5, 0.6) is 5.75 Å². The van der Waals surface area contributed by atoms with Crippen molar-refractivity contribution in [2.24, 2.45) is 29.4 Å². The van der Waals surface area contributed by atoms with Gasteiger partial charge < -0.3 is 20.7 Å². The average Bonchev–Trinajstić information content (AvgIpc) is 2.77. The number of amides is 2. The lowest BCUT2D eigenvalue weighted by molar-refractivity contribution is -0.175. The van der Waals surface area contributed by atoms with E-state index in [1.165, 1.54) is 0 Å². The monoisotopic (exact) mass is 500 g/mol. The molecule has 0 bridgehead atoms. The SMILES string of the molecule is CCOC(=O)Nc1cc(C(C)C)c2c(c1O)C(=O)C1C(=O)[C@]3(O)C(=O)C(C(N)=O)C(=O)C[C@@H]3C[C@@H]1C2. The van der Waals surface area contributed by atoms with Gasteiger partial charge in [-0.15, -0.1) is 0 Å². The van der Waals surface area contributed by atoms with E-state index in [0.717, 1.165) is 0 Å². The zero-order valence-electron chi connectivity index (χ0n) is 20.1. The maximum atomic E-state index is 13.7. The molecule has 0 radical (unpaired) electrons. The molecular weight excluding hydrogens is 472 g/mol. The third-order valence-electron chi connectivity index (χ3n) is 7.57. The van der Waals surface area contributed by atoms with Crippen LogP contribution in [0.3, 0.4) is 0 Å². The number of primary amides is 1. The molecule has 0 saturated heterocycles. The van der Waals surface area contributed by atoms with E-state index in [4.69, 9.17) is 10.5 Å². The number of carbonyl (C=O) groups is 6. The molecular formula is C25H28N2O9. The van der Waals surface area contributed by atoms with Crippen molar-refractivity contribution in [2.45, 2.75) is 51.6 Å². The standard InChI is InChI=1S/C25H28N2O9/c1-4-36-24(34)27-14-8-12(9(2)3)13-6-10-5-11-7-15(28)18(23(26)33)22(32)25(11,35)21(31)16(10)20(30)17(13)19(14)29/h8-11,16,18,29,35H,4-7H2,1-3H3,(H2,26,33)(H,27,34)/t10-,11+,16?,18?,25+/m1/s1. The van der Waals surface area contributed by atoms with Gasteiger partial charge in [0, 0.05) is 12.3 Å². The molecule has 1 aromatic carbocycles. The van der Waals surface area contributed by atoms with Crippen molar-refractivity contribution in [3.63, 3.8) is 0 Å². The van der Waals surface area contributed by atoms with Crippen LogP contribution in [0.4, 0.5) is 10.5 Å². The molecule has 2 fully saturated rings. The molecule has 0 spiro atoms. The maximum Gasteiger partial charge on any atom is 0.411 e. The smallest absolute Gasteiger partial charge is 0.411 e. The van der Waals surface area contributed by atoms with Gasteiger partial charge in [0.2, 0.25) is 5.91 Å². The third kappa shape index (κ3) is 3.60. The van der Waals surface area contributed by atoms with Gasteiger partial charge in [0.25, 0.3) is 0 Å². The van der Waals surface area contributed by atoms with Gasteiger partial charge in [-0.1, -0.05) is 13.8 Å². The minimum Gasteiger partial charge on any atom is -0.505 e. The van der Waals surface area contributed by atoms with Gasteiger partial charge in [0.1, 0.15) is 5.75 Å². The molecule has 11 heteroatoms. The van der Waals surface area contributed by atoms with E-state index in [1.54, 1.807) is 13.0 Å². The second kappa shape index (κ2) is 8.81. The number of phenols is 1. The Kier molecular flexibility index (Phi) is 6.24. The van der Waals surface area contributed by atoms with Crippen molar-refractivity contribution < 1.29 is 43.7 Å². The minimum absolute atomic E-state index is 0.0160. The van der Waals surface area contributed by atoms with Gasteiger partial charge in [0.15, 0.2) is 34.7 Å². The molecule has 2 unspecified atom stereocenters. The molecule has 2 saturated carbocycles. The van der Waals surface area contributed by atoms with Crippen LogP contribution in [0.2, 0.25) is 0 Å². The number of anilines is 1. The first-order chi connectivity index (χ1) is 16.8. The summed E-state index contributed by atoms with van der Waals surface area (Å²) in [7, 11) is 0. The first-order valence-corrected chi connectivity index (χ1v) is 11.8. The Morgan fingerprint density at radius 2 is 1.86 bits per heavy atom. The molecule has 4 rings (SSSR count). The van der Waals surface area contributed by atoms with E-state index in [9.17, 15) is 39.0 Å². The lowest BCUT2D eigenvalue weighted by Crippen LogP contribution is -2.68. The summed E-state index contributed by atoms with van der Waals surface area (Å²) in [6.45, 7) is 5.41. The number of ketones is 4. The number of fused-ring (bicyclic) bond motifs is 3. The summed E-state index contributed by atoms with van der Waals surface area (Å²) in [6.07, 6.45) is -1.05. The van der Waals surface area contributed by atoms with Gasteiger partial charge in [-0.3, -0.25) is 29.3 Å². The average molecular weight is 501 g/mol. The normalized spacial score (nSPS) is 29.4. The van der Waals surface area contributed by atoms with Crippen LogP contribution >= 0.6 is 0 Å². The number of carbonyl (C=O) groups excluding carboxylic acids is 6. The van der Waals surface area contributed by atoms with Crippen LogP contribution in [0.25, 0.3) is 0 Å². The second-order valence-electron chi connectivity index (χ2n) is 9.96. The van der Waals surface area contributed by atoms with E-state index in [1.807, 2.05) is 13.8 Å². The first kappa shape index (κ1) is 25.5. The number of nitrogens with one attached hydrogen (secondary N) is 1. The molecule has 1 aromatic rings. The number of phenolic OH excluding ortho intramolecular Hbond substituents is 1. The van der Waals surface area contributed by atoms with Gasteiger partial charge in [-0.05, 0) is 48.8 Å². The number of hydrogen-bond acceptors (Lipinski definition) is 9. The molecule has 2 amide bonds. The number of aromatic hydroxyl groups is 1. The van der Waals surface area contributed by atoms with Crippen LogP contribution in [0.15, 0.2) is 6.07 Å². The highest BCUT2D eigenvalue weighted by atomic mass is 16.5. The van der Waals surface area contributed by atoms with Gasteiger partial charge in [-0.2, -0.15) is 0 Å². The van der Waals surface area contributed by atoms with Gasteiger partial charge in [0.05, 0.1) is 23.8 Å². The fourth-order valence-corrected chi connectivity index (χ4v) is 5.95. The number of rotatable bonds is 4. The lowest BCUT2D eigenvalue weighted by atomic mass is 9.53. The van der Waals surface area contributed by atoms with E-state index in [0.29, 0.717) is 11.1 Å². The molecule has 36 heavy (non-hydrogen) atoms. The summed E-state index contributed by atoms with van der Waals surface area (Å²) in [6, 6.07) is 1.55. The predicted octanol–water partition coefficient (Wildman–Crippen LogP) is 1.02. The van der Waals surface area contributed by atoms with Crippen molar-refractivity contribution in [3.8, 4) is 5.75 Å². The minimum atomic E-state index is -2.71. The summed E-state index contributed by atoms with van der Waals surface area (Å²) in [5.41, 5.74) is 3.41. The van der Waals surface area contributed by atoms with E-state index >= 15 is 0 Å². The Labute approximate surface area is 206 Å². The summed E-state index contributed by atoms with van der Waals surface area (Å²) in [4.78, 5) is 76.5. The lowest BCUT2D eigenvalue weighted by Gasteiger charge is -2.48. The fourth-order valence-electron chi connectivity index (χ4n) is 5.95. The number of benzene rings is 1. The summed E-state index contributed by atoms with van der Waals surface area (Å²) >= 11 is 0. The van der Waals surface area contributed by atoms with Crippen molar-refractivity contribution in [1.29, 1.82) is 0 Å². The molecule has 5 N–H and O–H groups in total. The molecule has 11 nitrogen and oxygen atoms in total. The van der Waals surface area contributed by atoms with Crippen LogP contribution in [-0.4, -0.2) is 57.6 Å². The molecule has 5 atom stereocenters. The highest BCUT2D eigenvalue weighted by molar-refractivity contribution is 6.31. The zero-order valence-corrected chi connectivity index (χ0v) is 20.1. The van der Waals surface area contributed by atoms with Gasteiger partial charge in [-0.25, -0.2) is 4.79 Å². The summed E-state index contributed by atoms with van der Waals surface area (Å²) in [5, 5.41) is 24.6. The number of hydrogen-bond donors (Lipinski definition) is 4. The Balaban J connectivity index is 1.82. The van der Waals surface area contributed by atoms with Gasteiger partial charge >= 0.3 is 6.09 Å². The Bertz CT molecular complexity index is 1220. The van der Waals surface area contributed by atoms with E-state index in [-0.39, 0.29) is 36.6 Å². The zero-order chi connectivity index (χ0) is 26.7. The van der Waals surface area contributed by atoms with Crippen molar-refractivity contribution in [3.05, 3.63) is 22.8 Å². The molecule has 192 valence electrons. The number of aliphatic hydroxyl groups is 1. The number of Topliss-reactive ketones (excluding diaryl/α,β-unsaturated/α-hetero) is 4. The Morgan fingerprint density at radius 3 is 2.44 bits per heavy atom. The highest BCUT2D eigenvalue weighted by Gasteiger charge is 2.66. The van der Waals surface area contributed by atoms with Crippen molar-refractivity contribution in [2.75, 3.05) is 11.9 Å². The van der Waals surface area contributed by atoms with Crippen molar-refractivity contribution >= 4 is 40.8 Å². The van der Waals surface area contributed by atoms with E-state index < -0.39 is 76.6 Å². The van der Waals surface area contributed by atoms with Crippen LogP contribution in [0, 0.1) is 23.7 Å². The quantitative estimate of drug-likeness (QED) is 0.345. The summed E-state index contributed by atoms with van der Waals surface area (Å²) in [5.74, 6) is -11.1. The second-order valence-corrected chi connectivity index (χ2v) is 9.96. The molecule has 0 aliphatic heterocycles. The maximum absolute atomic E-state index is 13.7. The van der Waals surface area contributed by atoms with Crippen LogP contribution in [0.1, 0.15) is 61.0 Å². The first-order valence-electron chi connectivity index (χ1n) is 11.8. The molecule has 3 aliphatic rings. The van der Waals surface area contributed by atoms with E-state index in [2.05, 4.69) is 5.32 Å². The Morgan fingerprint density at radius 1 is 1.19 bits per heavy atom. The third-order valence-corrected chi connectivity index (χ3v) is 7.57. The predicted molar refractivity (Wildman–Crippen MR) is 123 cm³/mol. The molecule has 0 heterocycles.